The molecule has 0 amide bonds. The number of hydrogen-bond acceptors (Lipinski definition) is 4. The predicted octanol–water partition coefficient (Wildman–Crippen LogP) is 4.19. The van der Waals surface area contributed by atoms with E-state index in [9.17, 15) is 4.57 Å². The minimum absolute atomic E-state index is 0.213. The second kappa shape index (κ2) is 7.25. The summed E-state index contributed by atoms with van der Waals surface area (Å²) in [5.74, 6) is 0.906. The summed E-state index contributed by atoms with van der Waals surface area (Å²) < 4.78 is 30.2. The van der Waals surface area contributed by atoms with E-state index in [-0.39, 0.29) is 6.10 Å². The average Bonchev–Trinajstić information content (AvgIpc) is 2.83. The van der Waals surface area contributed by atoms with Gasteiger partial charge in [-0.1, -0.05) is 34.7 Å². The fraction of sp³-hybridized carbons (Fsp3) is 0.571. The zero-order chi connectivity index (χ0) is 14.6. The molecule has 2 rings (SSSR count). The van der Waals surface area contributed by atoms with Crippen LogP contribution in [-0.4, -0.2) is 23.7 Å². The van der Waals surface area contributed by atoms with Crippen LogP contribution in [0.3, 0.4) is 0 Å². The molecule has 20 heavy (non-hydrogen) atoms. The van der Waals surface area contributed by atoms with Gasteiger partial charge in [-0.3, -0.25) is 4.57 Å². The number of ether oxygens (including phenoxy) is 1. The van der Waals surface area contributed by atoms with Gasteiger partial charge >= 0.3 is 7.60 Å². The summed E-state index contributed by atoms with van der Waals surface area (Å²) in [6, 6.07) is 5.89. The van der Waals surface area contributed by atoms with E-state index in [1.165, 1.54) is 0 Å². The van der Waals surface area contributed by atoms with Gasteiger partial charge in [-0.05, 0) is 25.5 Å². The van der Waals surface area contributed by atoms with Crippen molar-refractivity contribution in [3.63, 3.8) is 0 Å². The SMILES string of the molecule is CCOP(=O)(Cc1cccc2c1CC(CI)O2)OCC. The predicted molar refractivity (Wildman–Crippen MR) is 88.0 cm³/mol. The Labute approximate surface area is 133 Å². The van der Waals surface area contributed by atoms with E-state index in [1.807, 2.05) is 32.0 Å². The highest BCUT2D eigenvalue weighted by Gasteiger charge is 2.30. The molecule has 0 N–H and O–H groups in total. The number of rotatable bonds is 7. The maximum Gasteiger partial charge on any atom is 0.335 e. The van der Waals surface area contributed by atoms with Crippen LogP contribution in [0, 0.1) is 0 Å². The molecule has 1 aromatic carbocycles. The number of fused-ring (bicyclic) bond motifs is 1. The summed E-state index contributed by atoms with van der Waals surface area (Å²) in [4.78, 5) is 0. The molecule has 0 aromatic heterocycles. The van der Waals surface area contributed by atoms with Crippen molar-refractivity contribution in [2.24, 2.45) is 0 Å². The van der Waals surface area contributed by atoms with E-state index in [0.717, 1.165) is 27.7 Å². The lowest BCUT2D eigenvalue weighted by Gasteiger charge is -2.18. The maximum atomic E-state index is 12.6. The van der Waals surface area contributed by atoms with Gasteiger partial charge in [-0.2, -0.15) is 0 Å². The van der Waals surface area contributed by atoms with Gasteiger partial charge in [-0.15, -0.1) is 0 Å². The Bertz CT molecular complexity index is 496. The highest BCUT2D eigenvalue weighted by atomic mass is 127. The molecular formula is C14H20IO4P. The third-order valence-corrected chi connectivity index (χ3v) is 6.16. The zero-order valence-corrected chi connectivity index (χ0v) is 14.9. The first-order chi connectivity index (χ1) is 9.61. The zero-order valence-electron chi connectivity index (χ0n) is 11.8. The second-order valence-electron chi connectivity index (χ2n) is 4.60. The fourth-order valence-electron chi connectivity index (χ4n) is 2.37. The van der Waals surface area contributed by atoms with Crippen molar-refractivity contribution in [2.75, 3.05) is 17.6 Å². The third-order valence-electron chi connectivity index (χ3n) is 3.14. The van der Waals surface area contributed by atoms with Gasteiger partial charge in [0, 0.05) is 16.4 Å². The van der Waals surface area contributed by atoms with Crippen molar-refractivity contribution < 1.29 is 18.3 Å². The van der Waals surface area contributed by atoms with Crippen LogP contribution in [0.5, 0.6) is 5.75 Å². The summed E-state index contributed by atoms with van der Waals surface area (Å²) in [7, 11) is -3.06. The lowest BCUT2D eigenvalue weighted by Crippen LogP contribution is -2.13. The van der Waals surface area contributed by atoms with Crippen molar-refractivity contribution in [2.45, 2.75) is 32.5 Å². The topological polar surface area (TPSA) is 44.8 Å². The lowest BCUT2D eigenvalue weighted by molar-refractivity contribution is 0.219. The van der Waals surface area contributed by atoms with E-state index in [1.54, 1.807) is 0 Å². The van der Waals surface area contributed by atoms with Crippen molar-refractivity contribution in [1.82, 2.24) is 0 Å². The van der Waals surface area contributed by atoms with Crippen LogP contribution < -0.4 is 4.74 Å². The van der Waals surface area contributed by atoms with Crippen LogP contribution in [0.2, 0.25) is 0 Å². The van der Waals surface area contributed by atoms with Crippen molar-refractivity contribution in [3.05, 3.63) is 29.3 Å². The van der Waals surface area contributed by atoms with E-state index in [2.05, 4.69) is 22.6 Å². The van der Waals surface area contributed by atoms with E-state index < -0.39 is 7.60 Å². The van der Waals surface area contributed by atoms with Crippen molar-refractivity contribution in [1.29, 1.82) is 0 Å². The number of hydrogen-bond donors (Lipinski definition) is 0. The molecule has 1 atom stereocenters. The van der Waals surface area contributed by atoms with Gasteiger partial charge in [0.2, 0.25) is 0 Å². The smallest absolute Gasteiger partial charge is 0.335 e. The Morgan fingerprint density at radius 3 is 2.65 bits per heavy atom. The Kier molecular flexibility index (Phi) is 5.90. The quantitative estimate of drug-likeness (QED) is 0.384. The molecule has 0 radical (unpaired) electrons. The van der Waals surface area contributed by atoms with Gasteiger partial charge in [-0.25, -0.2) is 0 Å². The molecule has 6 heteroatoms. The van der Waals surface area contributed by atoms with Crippen LogP contribution in [0.15, 0.2) is 18.2 Å². The van der Waals surface area contributed by atoms with Gasteiger partial charge < -0.3 is 13.8 Å². The summed E-state index contributed by atoms with van der Waals surface area (Å²) in [5.41, 5.74) is 2.16. The summed E-state index contributed by atoms with van der Waals surface area (Å²) in [6.45, 7) is 4.44. The first-order valence-electron chi connectivity index (χ1n) is 6.83. The first kappa shape index (κ1) is 16.3. The highest BCUT2D eigenvalue weighted by molar-refractivity contribution is 14.1. The van der Waals surface area contributed by atoms with Gasteiger partial charge in [0.25, 0.3) is 0 Å². The van der Waals surface area contributed by atoms with E-state index in [4.69, 9.17) is 13.8 Å². The van der Waals surface area contributed by atoms with Gasteiger partial charge in [0.1, 0.15) is 11.9 Å². The molecule has 4 nitrogen and oxygen atoms in total. The molecule has 0 bridgehead atoms. The largest absolute Gasteiger partial charge is 0.489 e. The number of benzene rings is 1. The van der Waals surface area contributed by atoms with E-state index in [0.29, 0.717) is 19.4 Å². The molecule has 1 aliphatic heterocycles. The monoisotopic (exact) mass is 410 g/mol. The molecule has 0 aliphatic carbocycles. The van der Waals surface area contributed by atoms with Crippen LogP contribution >= 0.6 is 30.2 Å². The van der Waals surface area contributed by atoms with Crippen LogP contribution in [0.1, 0.15) is 25.0 Å². The summed E-state index contributed by atoms with van der Waals surface area (Å²) in [5, 5.41) is 0. The average molecular weight is 410 g/mol. The summed E-state index contributed by atoms with van der Waals surface area (Å²) >= 11 is 2.33. The summed E-state index contributed by atoms with van der Waals surface area (Å²) in [6.07, 6.45) is 1.40. The second-order valence-corrected chi connectivity index (χ2v) is 7.53. The van der Waals surface area contributed by atoms with Crippen molar-refractivity contribution in [3.8, 4) is 5.75 Å². The minimum Gasteiger partial charge on any atom is -0.489 e. The Balaban J connectivity index is 2.22. The van der Waals surface area contributed by atoms with E-state index >= 15 is 0 Å². The molecule has 112 valence electrons. The molecule has 0 spiro atoms. The molecule has 0 saturated heterocycles. The molecular weight excluding hydrogens is 390 g/mol. The maximum absolute atomic E-state index is 12.6. The lowest BCUT2D eigenvalue weighted by atomic mass is 10.0. The van der Waals surface area contributed by atoms with Crippen LogP contribution in [-0.2, 0) is 26.2 Å². The number of alkyl halides is 1. The Hall–Kier alpha value is -0.100. The normalized spacial score (nSPS) is 17.9. The minimum atomic E-state index is -3.06. The molecule has 1 unspecified atom stereocenters. The molecule has 0 fully saturated rings. The fourth-order valence-corrected chi connectivity index (χ4v) is 4.62. The molecule has 1 aliphatic rings. The standard InChI is InChI=1S/C14H20IO4P/c1-3-17-20(16,18-4-2)10-11-6-5-7-14-13(11)8-12(9-15)19-14/h5-7,12H,3-4,8-10H2,1-2H3. The molecule has 1 aromatic rings. The third kappa shape index (κ3) is 3.75. The van der Waals surface area contributed by atoms with Gasteiger partial charge in [0.05, 0.1) is 19.4 Å². The Morgan fingerprint density at radius 2 is 2.05 bits per heavy atom. The number of halogens is 1. The van der Waals surface area contributed by atoms with Crippen LogP contribution in [0.25, 0.3) is 0 Å². The Morgan fingerprint density at radius 1 is 1.35 bits per heavy atom. The molecule has 0 saturated carbocycles. The van der Waals surface area contributed by atoms with Gasteiger partial charge in [0.15, 0.2) is 0 Å². The highest BCUT2D eigenvalue weighted by Crippen LogP contribution is 2.52. The van der Waals surface area contributed by atoms with Crippen LogP contribution in [0.4, 0.5) is 0 Å². The first-order valence-corrected chi connectivity index (χ1v) is 10.1. The molecule has 1 heterocycles. The van der Waals surface area contributed by atoms with Crippen molar-refractivity contribution >= 4 is 30.2 Å².